The lowest BCUT2D eigenvalue weighted by Gasteiger charge is -2.06. The number of hydrazone groups is 1. The van der Waals surface area contributed by atoms with E-state index < -0.39 is 5.91 Å². The number of aryl methyl sites for hydroxylation is 1. The largest absolute Gasteiger partial charge is 0.507 e. The van der Waals surface area contributed by atoms with Gasteiger partial charge in [0.05, 0.1) is 17.2 Å². The lowest BCUT2D eigenvalue weighted by molar-refractivity contribution is -0.120. The van der Waals surface area contributed by atoms with E-state index in [4.69, 9.17) is 0 Å². The van der Waals surface area contributed by atoms with Gasteiger partial charge in [0.15, 0.2) is 0 Å². The number of rotatable bonds is 5. The lowest BCUT2D eigenvalue weighted by Crippen LogP contribution is -2.35. The van der Waals surface area contributed by atoms with E-state index in [-0.39, 0.29) is 18.2 Å². The van der Waals surface area contributed by atoms with Crippen molar-refractivity contribution in [2.24, 2.45) is 5.10 Å². The second kappa shape index (κ2) is 8.26. The van der Waals surface area contributed by atoms with E-state index in [9.17, 15) is 14.7 Å². The second-order valence-corrected chi connectivity index (χ2v) is 5.86. The summed E-state index contributed by atoms with van der Waals surface area (Å²) in [4.78, 5) is 23.7. The van der Waals surface area contributed by atoms with Crippen molar-refractivity contribution in [1.82, 2.24) is 10.7 Å². The number of benzene rings is 2. The standard InChI is InChI=1S/C17H16BrN3O3/c1-11-4-2-3-5-13(11)17(24)19-10-16(23)21-20-9-12-6-7-15(22)14(18)8-12/h2-9,22H,10H2,1H3,(H,19,24)(H,21,23)/b20-9+. The summed E-state index contributed by atoms with van der Waals surface area (Å²) >= 11 is 3.19. The van der Waals surface area contributed by atoms with Crippen LogP contribution in [0.1, 0.15) is 21.5 Å². The molecule has 2 rings (SSSR count). The van der Waals surface area contributed by atoms with Crippen LogP contribution in [0.4, 0.5) is 0 Å². The fourth-order valence-electron chi connectivity index (χ4n) is 1.91. The average Bonchev–Trinajstić information content (AvgIpc) is 2.56. The third kappa shape index (κ3) is 4.92. The summed E-state index contributed by atoms with van der Waals surface area (Å²) in [6.45, 7) is 1.65. The molecule has 0 fully saturated rings. The van der Waals surface area contributed by atoms with E-state index in [2.05, 4.69) is 31.8 Å². The van der Waals surface area contributed by atoms with Crippen molar-refractivity contribution in [2.45, 2.75) is 6.92 Å². The normalized spacial score (nSPS) is 10.6. The van der Waals surface area contributed by atoms with E-state index in [1.54, 1.807) is 24.3 Å². The van der Waals surface area contributed by atoms with Crippen LogP contribution in [0.2, 0.25) is 0 Å². The van der Waals surface area contributed by atoms with Crippen molar-refractivity contribution in [3.05, 3.63) is 63.6 Å². The molecule has 0 spiro atoms. The Morgan fingerprint density at radius 2 is 2.00 bits per heavy atom. The topological polar surface area (TPSA) is 90.8 Å². The smallest absolute Gasteiger partial charge is 0.259 e. The van der Waals surface area contributed by atoms with Crippen LogP contribution in [-0.2, 0) is 4.79 Å². The molecular weight excluding hydrogens is 374 g/mol. The van der Waals surface area contributed by atoms with Gasteiger partial charge in [-0.05, 0) is 58.2 Å². The summed E-state index contributed by atoms with van der Waals surface area (Å²) in [5, 5.41) is 15.7. The highest BCUT2D eigenvalue weighted by molar-refractivity contribution is 9.10. The van der Waals surface area contributed by atoms with Gasteiger partial charge in [0.25, 0.3) is 11.8 Å². The Bertz CT molecular complexity index is 790. The predicted octanol–water partition coefficient (Wildman–Crippen LogP) is 2.34. The molecule has 0 saturated carbocycles. The number of amides is 2. The maximum atomic E-state index is 12.0. The molecule has 2 aromatic rings. The Morgan fingerprint density at radius 1 is 1.25 bits per heavy atom. The summed E-state index contributed by atoms with van der Waals surface area (Å²) < 4.78 is 0.531. The first-order valence-electron chi connectivity index (χ1n) is 7.11. The highest BCUT2D eigenvalue weighted by Gasteiger charge is 2.09. The third-order valence-electron chi connectivity index (χ3n) is 3.17. The molecule has 2 aromatic carbocycles. The predicted molar refractivity (Wildman–Crippen MR) is 95.1 cm³/mol. The van der Waals surface area contributed by atoms with Gasteiger partial charge in [-0.1, -0.05) is 18.2 Å². The Kier molecular flexibility index (Phi) is 6.08. The van der Waals surface area contributed by atoms with E-state index in [1.807, 2.05) is 19.1 Å². The number of nitrogens with one attached hydrogen (secondary N) is 2. The molecule has 3 N–H and O–H groups in total. The summed E-state index contributed by atoms with van der Waals surface area (Å²) in [5.41, 5.74) is 4.39. The SMILES string of the molecule is Cc1ccccc1C(=O)NCC(=O)N/N=C/c1ccc(O)c(Br)c1. The second-order valence-electron chi connectivity index (χ2n) is 5.00. The summed E-state index contributed by atoms with van der Waals surface area (Å²) in [6.07, 6.45) is 1.44. The zero-order valence-electron chi connectivity index (χ0n) is 12.9. The monoisotopic (exact) mass is 389 g/mol. The number of phenols is 1. The van der Waals surface area contributed by atoms with Crippen LogP contribution in [0.25, 0.3) is 0 Å². The number of nitrogens with zero attached hydrogens (tertiary/aromatic N) is 1. The summed E-state index contributed by atoms with van der Waals surface area (Å²) in [6, 6.07) is 12.0. The number of aromatic hydroxyl groups is 1. The number of carbonyl (C=O) groups excluding carboxylic acids is 2. The maximum Gasteiger partial charge on any atom is 0.259 e. The van der Waals surface area contributed by atoms with E-state index in [1.165, 1.54) is 12.3 Å². The molecular formula is C17H16BrN3O3. The summed E-state index contributed by atoms with van der Waals surface area (Å²) in [5.74, 6) is -0.629. The molecule has 0 aromatic heterocycles. The molecule has 0 aliphatic rings. The van der Waals surface area contributed by atoms with Crippen molar-refractivity contribution < 1.29 is 14.7 Å². The van der Waals surface area contributed by atoms with E-state index in [0.717, 1.165) is 5.56 Å². The molecule has 24 heavy (non-hydrogen) atoms. The van der Waals surface area contributed by atoms with Crippen LogP contribution >= 0.6 is 15.9 Å². The van der Waals surface area contributed by atoms with Gasteiger partial charge in [-0.3, -0.25) is 9.59 Å². The highest BCUT2D eigenvalue weighted by atomic mass is 79.9. The highest BCUT2D eigenvalue weighted by Crippen LogP contribution is 2.23. The first-order chi connectivity index (χ1) is 11.5. The van der Waals surface area contributed by atoms with Crippen LogP contribution in [0.5, 0.6) is 5.75 Å². The van der Waals surface area contributed by atoms with Gasteiger partial charge < -0.3 is 10.4 Å². The molecule has 0 aliphatic carbocycles. The zero-order valence-corrected chi connectivity index (χ0v) is 14.5. The minimum Gasteiger partial charge on any atom is -0.507 e. The minimum absolute atomic E-state index is 0.120. The fraction of sp³-hybridized carbons (Fsp3) is 0.118. The number of phenolic OH excluding ortho intramolecular Hbond substituents is 1. The Hall–Kier alpha value is -2.67. The van der Waals surface area contributed by atoms with Crippen LogP contribution in [0.3, 0.4) is 0 Å². The maximum absolute atomic E-state index is 12.0. The zero-order chi connectivity index (χ0) is 17.5. The number of halogens is 1. The fourth-order valence-corrected chi connectivity index (χ4v) is 2.30. The number of hydrogen-bond donors (Lipinski definition) is 3. The Labute approximate surface area is 147 Å². The number of hydrogen-bond acceptors (Lipinski definition) is 4. The molecule has 0 unspecified atom stereocenters. The Morgan fingerprint density at radius 3 is 2.71 bits per heavy atom. The van der Waals surface area contributed by atoms with E-state index >= 15 is 0 Å². The molecule has 7 heteroatoms. The van der Waals surface area contributed by atoms with Gasteiger partial charge >= 0.3 is 0 Å². The van der Waals surface area contributed by atoms with Crippen molar-refractivity contribution in [3.8, 4) is 5.75 Å². The molecule has 0 bridgehead atoms. The van der Waals surface area contributed by atoms with Crippen LogP contribution < -0.4 is 10.7 Å². The first-order valence-corrected chi connectivity index (χ1v) is 7.91. The van der Waals surface area contributed by atoms with Gasteiger partial charge in [-0.25, -0.2) is 5.43 Å². The third-order valence-corrected chi connectivity index (χ3v) is 3.81. The van der Waals surface area contributed by atoms with Crippen LogP contribution in [-0.4, -0.2) is 29.7 Å². The van der Waals surface area contributed by atoms with Crippen molar-refractivity contribution >= 4 is 34.0 Å². The van der Waals surface area contributed by atoms with Crippen molar-refractivity contribution in [1.29, 1.82) is 0 Å². The molecule has 0 saturated heterocycles. The van der Waals surface area contributed by atoms with E-state index in [0.29, 0.717) is 15.6 Å². The number of carbonyl (C=O) groups is 2. The van der Waals surface area contributed by atoms with Gasteiger partial charge in [0.2, 0.25) is 0 Å². The molecule has 124 valence electrons. The van der Waals surface area contributed by atoms with Gasteiger partial charge in [-0.15, -0.1) is 0 Å². The van der Waals surface area contributed by atoms with Crippen molar-refractivity contribution in [2.75, 3.05) is 6.54 Å². The van der Waals surface area contributed by atoms with Crippen molar-refractivity contribution in [3.63, 3.8) is 0 Å². The molecule has 0 radical (unpaired) electrons. The molecule has 0 heterocycles. The molecule has 0 atom stereocenters. The van der Waals surface area contributed by atoms with Crippen LogP contribution in [0, 0.1) is 6.92 Å². The average molecular weight is 390 g/mol. The molecule has 0 aliphatic heterocycles. The lowest BCUT2D eigenvalue weighted by atomic mass is 10.1. The summed E-state index contributed by atoms with van der Waals surface area (Å²) in [7, 11) is 0. The molecule has 2 amide bonds. The van der Waals surface area contributed by atoms with Crippen LogP contribution in [0.15, 0.2) is 52.0 Å². The quantitative estimate of drug-likeness (QED) is 0.541. The van der Waals surface area contributed by atoms with Gasteiger partial charge in [-0.2, -0.15) is 5.10 Å². The molecule has 6 nitrogen and oxygen atoms in total. The van der Waals surface area contributed by atoms with Gasteiger partial charge in [0.1, 0.15) is 5.75 Å². The van der Waals surface area contributed by atoms with Gasteiger partial charge in [0, 0.05) is 5.56 Å². The Balaban J connectivity index is 1.83. The minimum atomic E-state index is -0.439. The first kappa shape index (κ1) is 17.7.